The molecule has 42 valence electrons. The van der Waals surface area contributed by atoms with E-state index in [2.05, 4.69) is 11.7 Å². The Balaban J connectivity index is 3.72. The third-order valence-electron chi connectivity index (χ3n) is 0.622. The maximum atomic E-state index is 11.9. The SMILES string of the molecule is C/C(F)=C(\C)SS. The Bertz CT molecular complexity index is 83.7. The molecule has 7 heavy (non-hydrogen) atoms. The molecule has 0 unspecified atom stereocenters. The molecule has 0 aliphatic carbocycles. The summed E-state index contributed by atoms with van der Waals surface area (Å²) in [5, 5.41) is 0. The van der Waals surface area contributed by atoms with E-state index in [0.29, 0.717) is 4.91 Å². The number of hydrogen-bond donors (Lipinski definition) is 1. The van der Waals surface area contributed by atoms with Crippen molar-refractivity contribution in [2.24, 2.45) is 0 Å². The first-order chi connectivity index (χ1) is 3.18. The zero-order valence-corrected chi connectivity index (χ0v) is 5.94. The Morgan fingerprint density at radius 1 is 1.57 bits per heavy atom. The van der Waals surface area contributed by atoms with Gasteiger partial charge in [-0.05, 0) is 13.8 Å². The first kappa shape index (κ1) is 7.37. The minimum absolute atomic E-state index is 0.153. The molecule has 0 aliphatic heterocycles. The van der Waals surface area contributed by atoms with Gasteiger partial charge in [-0.2, -0.15) is 0 Å². The largest absolute Gasteiger partial charge is 0.211 e. The van der Waals surface area contributed by atoms with Gasteiger partial charge in [0.15, 0.2) is 0 Å². The Kier molecular flexibility index (Phi) is 3.56. The third kappa shape index (κ3) is 3.00. The molecule has 0 rings (SSSR count). The average molecular weight is 138 g/mol. The van der Waals surface area contributed by atoms with E-state index in [0.717, 1.165) is 10.8 Å². The van der Waals surface area contributed by atoms with Crippen LogP contribution in [0, 0.1) is 0 Å². The second kappa shape index (κ2) is 3.38. The minimum Gasteiger partial charge on any atom is -0.211 e. The number of thiol groups is 1. The highest BCUT2D eigenvalue weighted by molar-refractivity contribution is 8.70. The fourth-order valence-corrected chi connectivity index (χ4v) is 0.566. The Morgan fingerprint density at radius 2 is 2.00 bits per heavy atom. The highest BCUT2D eigenvalue weighted by Gasteiger charge is 1.89. The highest BCUT2D eigenvalue weighted by atomic mass is 33.1. The van der Waals surface area contributed by atoms with Crippen LogP contribution in [0.1, 0.15) is 13.8 Å². The second-order valence-electron chi connectivity index (χ2n) is 1.18. The van der Waals surface area contributed by atoms with Crippen molar-refractivity contribution >= 4 is 22.5 Å². The lowest BCUT2D eigenvalue weighted by atomic mass is 10.5. The van der Waals surface area contributed by atoms with E-state index in [1.807, 2.05) is 0 Å². The van der Waals surface area contributed by atoms with Crippen molar-refractivity contribution in [3.8, 4) is 0 Å². The quantitative estimate of drug-likeness (QED) is 0.429. The summed E-state index contributed by atoms with van der Waals surface area (Å²) in [5.74, 6) is -0.153. The van der Waals surface area contributed by atoms with Crippen molar-refractivity contribution in [3.05, 3.63) is 10.7 Å². The molecule has 0 atom stereocenters. The van der Waals surface area contributed by atoms with Gasteiger partial charge in [0.25, 0.3) is 0 Å². The van der Waals surface area contributed by atoms with Gasteiger partial charge < -0.3 is 0 Å². The Labute approximate surface area is 52.0 Å². The molecule has 3 heteroatoms. The molecule has 0 bridgehead atoms. The predicted molar refractivity (Wildman–Crippen MR) is 36.1 cm³/mol. The van der Waals surface area contributed by atoms with E-state index >= 15 is 0 Å². The monoisotopic (exact) mass is 138 g/mol. The second-order valence-corrected chi connectivity index (χ2v) is 2.52. The van der Waals surface area contributed by atoms with Crippen molar-refractivity contribution in [1.82, 2.24) is 0 Å². The smallest absolute Gasteiger partial charge is 0.107 e. The van der Waals surface area contributed by atoms with Crippen LogP contribution < -0.4 is 0 Å². The summed E-state index contributed by atoms with van der Waals surface area (Å²) in [6.07, 6.45) is 0. The van der Waals surface area contributed by atoms with E-state index in [1.165, 1.54) is 6.92 Å². The summed E-state index contributed by atoms with van der Waals surface area (Å²) in [6, 6.07) is 0. The van der Waals surface area contributed by atoms with Gasteiger partial charge in [0, 0.05) is 4.91 Å². The predicted octanol–water partition coefficient (Wildman–Crippen LogP) is 2.79. The van der Waals surface area contributed by atoms with Crippen molar-refractivity contribution in [1.29, 1.82) is 0 Å². The van der Waals surface area contributed by atoms with Crippen LogP contribution >= 0.6 is 22.5 Å². The summed E-state index contributed by atoms with van der Waals surface area (Å²) >= 11 is 3.77. The molecule has 0 saturated heterocycles. The molecule has 0 aromatic carbocycles. The molecule has 0 fully saturated rings. The van der Waals surface area contributed by atoms with Gasteiger partial charge in [-0.1, -0.05) is 10.8 Å². The summed E-state index contributed by atoms with van der Waals surface area (Å²) in [7, 11) is 1.13. The molecule has 0 N–H and O–H groups in total. The summed E-state index contributed by atoms with van der Waals surface area (Å²) in [5.41, 5.74) is 0. The molecule has 0 spiro atoms. The normalized spacial score (nSPS) is 13.7. The van der Waals surface area contributed by atoms with E-state index < -0.39 is 0 Å². The van der Waals surface area contributed by atoms with Crippen LogP contribution in [0.2, 0.25) is 0 Å². The molecule has 0 amide bonds. The van der Waals surface area contributed by atoms with Crippen molar-refractivity contribution in [2.75, 3.05) is 0 Å². The van der Waals surface area contributed by atoms with Crippen LogP contribution in [0.25, 0.3) is 0 Å². The molecule has 0 heterocycles. The minimum atomic E-state index is -0.153. The van der Waals surface area contributed by atoms with E-state index in [4.69, 9.17) is 0 Å². The lowest BCUT2D eigenvalue weighted by molar-refractivity contribution is 0.636. The summed E-state index contributed by atoms with van der Waals surface area (Å²) < 4.78 is 11.9. The molecule has 0 saturated carbocycles. The standard InChI is InChI=1S/C4H7FS2/c1-3(5)4(2)7-6/h6H,1-2H3/b4-3-. The van der Waals surface area contributed by atoms with E-state index in [1.54, 1.807) is 6.92 Å². The van der Waals surface area contributed by atoms with Gasteiger partial charge in [-0.3, -0.25) is 0 Å². The van der Waals surface area contributed by atoms with E-state index in [9.17, 15) is 4.39 Å². The molecular weight excluding hydrogens is 131 g/mol. The lowest BCUT2D eigenvalue weighted by Crippen LogP contribution is -1.63. The third-order valence-corrected chi connectivity index (χ3v) is 2.00. The fourth-order valence-electron chi connectivity index (χ4n) is 0.0629. The van der Waals surface area contributed by atoms with Gasteiger partial charge in [0.2, 0.25) is 0 Å². The van der Waals surface area contributed by atoms with Crippen LogP contribution in [0.5, 0.6) is 0 Å². The van der Waals surface area contributed by atoms with Gasteiger partial charge in [-0.25, -0.2) is 4.39 Å². The van der Waals surface area contributed by atoms with Crippen molar-refractivity contribution in [2.45, 2.75) is 13.8 Å². The van der Waals surface area contributed by atoms with Crippen LogP contribution in [0.3, 0.4) is 0 Å². The summed E-state index contributed by atoms with van der Waals surface area (Å²) in [6.45, 7) is 3.10. The fraction of sp³-hybridized carbons (Fsp3) is 0.500. The van der Waals surface area contributed by atoms with Crippen LogP contribution in [0.4, 0.5) is 4.39 Å². The van der Waals surface area contributed by atoms with Gasteiger partial charge in [0.1, 0.15) is 5.83 Å². The summed E-state index contributed by atoms with van der Waals surface area (Å²) in [4.78, 5) is 0.628. The van der Waals surface area contributed by atoms with Crippen molar-refractivity contribution in [3.63, 3.8) is 0 Å². The average Bonchev–Trinajstić information content (AvgIpc) is 1.65. The lowest BCUT2D eigenvalue weighted by Gasteiger charge is -1.89. The van der Waals surface area contributed by atoms with Gasteiger partial charge >= 0.3 is 0 Å². The first-order valence-corrected chi connectivity index (χ1v) is 3.69. The van der Waals surface area contributed by atoms with Gasteiger partial charge in [-0.15, -0.1) is 11.7 Å². The number of rotatable bonds is 1. The molecule has 0 nitrogen and oxygen atoms in total. The van der Waals surface area contributed by atoms with Crippen LogP contribution in [-0.2, 0) is 0 Å². The Morgan fingerprint density at radius 3 is 2.00 bits per heavy atom. The first-order valence-electron chi connectivity index (χ1n) is 1.83. The number of hydrogen-bond acceptors (Lipinski definition) is 2. The van der Waals surface area contributed by atoms with Crippen molar-refractivity contribution < 1.29 is 4.39 Å². The van der Waals surface area contributed by atoms with E-state index in [-0.39, 0.29) is 5.83 Å². The van der Waals surface area contributed by atoms with Crippen LogP contribution in [-0.4, -0.2) is 0 Å². The molecule has 0 radical (unpaired) electrons. The maximum Gasteiger partial charge on any atom is 0.107 e. The molecule has 0 aliphatic rings. The molecule has 0 aromatic rings. The topological polar surface area (TPSA) is 0 Å². The zero-order chi connectivity index (χ0) is 5.86. The maximum absolute atomic E-state index is 11.9. The van der Waals surface area contributed by atoms with Gasteiger partial charge in [0.05, 0.1) is 0 Å². The van der Waals surface area contributed by atoms with Crippen LogP contribution in [0.15, 0.2) is 10.7 Å². The Hall–Kier alpha value is 0.370. The molecule has 0 aromatic heterocycles. The zero-order valence-electron chi connectivity index (χ0n) is 4.23. The highest BCUT2D eigenvalue weighted by Crippen LogP contribution is 2.22. The number of halogens is 1. The molecular formula is C4H7FS2. The number of allylic oxidation sites excluding steroid dienone is 2.